The minimum atomic E-state index is -0.390. The number of rotatable bonds is 0. The molecular formula is C10H16O2. The molecule has 0 fully saturated rings. The van der Waals surface area contributed by atoms with Crippen molar-refractivity contribution in [2.24, 2.45) is 5.41 Å². The second kappa shape index (κ2) is 3.02. The van der Waals surface area contributed by atoms with Crippen LogP contribution in [-0.4, -0.2) is 17.0 Å². The fraction of sp³-hybridized carbons (Fsp3) is 0.700. The van der Waals surface area contributed by atoms with Crippen LogP contribution in [-0.2, 0) is 4.79 Å². The van der Waals surface area contributed by atoms with Gasteiger partial charge < -0.3 is 5.11 Å². The van der Waals surface area contributed by atoms with Gasteiger partial charge in [-0.1, -0.05) is 19.9 Å². The van der Waals surface area contributed by atoms with E-state index in [-0.39, 0.29) is 17.3 Å². The smallest absolute Gasteiger partial charge is 0.158 e. The highest BCUT2D eigenvalue weighted by atomic mass is 16.3. The molecule has 0 saturated heterocycles. The summed E-state index contributed by atoms with van der Waals surface area (Å²) in [5.41, 5.74) is 0.519. The first-order valence-corrected chi connectivity index (χ1v) is 4.31. The van der Waals surface area contributed by atoms with Crippen molar-refractivity contribution in [3.8, 4) is 0 Å². The van der Waals surface area contributed by atoms with Crippen LogP contribution in [0.1, 0.15) is 33.6 Å². The van der Waals surface area contributed by atoms with Crippen molar-refractivity contribution in [1.82, 2.24) is 0 Å². The van der Waals surface area contributed by atoms with E-state index < -0.39 is 0 Å². The van der Waals surface area contributed by atoms with Crippen LogP contribution in [0, 0.1) is 5.41 Å². The van der Waals surface area contributed by atoms with Crippen molar-refractivity contribution < 1.29 is 9.90 Å². The molecule has 0 radical (unpaired) electrons. The Bertz CT molecular complexity index is 226. The summed E-state index contributed by atoms with van der Waals surface area (Å²) in [5.74, 6) is 0.163. The van der Waals surface area contributed by atoms with Crippen LogP contribution in [0.4, 0.5) is 0 Å². The zero-order valence-electron chi connectivity index (χ0n) is 7.92. The molecule has 12 heavy (non-hydrogen) atoms. The molecule has 0 heterocycles. The summed E-state index contributed by atoms with van der Waals surface area (Å²) in [7, 11) is 0. The Labute approximate surface area is 73.3 Å². The molecule has 0 aromatic rings. The van der Waals surface area contributed by atoms with Gasteiger partial charge >= 0.3 is 0 Å². The van der Waals surface area contributed by atoms with E-state index in [1.165, 1.54) is 0 Å². The van der Waals surface area contributed by atoms with Gasteiger partial charge in [0.25, 0.3) is 0 Å². The van der Waals surface area contributed by atoms with Gasteiger partial charge in [-0.2, -0.15) is 0 Å². The molecule has 0 aromatic heterocycles. The van der Waals surface area contributed by atoms with Crippen molar-refractivity contribution in [3.63, 3.8) is 0 Å². The summed E-state index contributed by atoms with van der Waals surface area (Å²) in [6.45, 7) is 5.68. The maximum absolute atomic E-state index is 11.4. The monoisotopic (exact) mass is 168 g/mol. The third kappa shape index (κ3) is 1.75. The Morgan fingerprint density at radius 2 is 2.17 bits per heavy atom. The van der Waals surface area contributed by atoms with Crippen LogP contribution in [0.25, 0.3) is 0 Å². The highest BCUT2D eigenvalue weighted by molar-refractivity contribution is 5.95. The Morgan fingerprint density at radius 3 is 2.75 bits per heavy atom. The molecule has 1 rings (SSSR count). The number of Topliss-reactive ketones (excluding diaryl/α,β-unsaturated/α-hetero) is 1. The lowest BCUT2D eigenvalue weighted by molar-refractivity contribution is -0.118. The third-order valence-corrected chi connectivity index (χ3v) is 2.61. The molecule has 2 nitrogen and oxygen atoms in total. The lowest BCUT2D eigenvalue weighted by Crippen LogP contribution is -2.29. The van der Waals surface area contributed by atoms with Crippen molar-refractivity contribution in [1.29, 1.82) is 0 Å². The van der Waals surface area contributed by atoms with Crippen molar-refractivity contribution in [2.45, 2.75) is 39.7 Å². The first-order valence-electron chi connectivity index (χ1n) is 4.31. The third-order valence-electron chi connectivity index (χ3n) is 2.61. The molecule has 1 unspecified atom stereocenters. The number of carbonyl (C=O) groups is 1. The first-order chi connectivity index (χ1) is 5.43. The predicted molar refractivity (Wildman–Crippen MR) is 47.8 cm³/mol. The molecule has 2 heteroatoms. The number of aliphatic hydroxyl groups is 1. The van der Waals surface area contributed by atoms with Crippen LogP contribution in [0.2, 0.25) is 0 Å². The second-order valence-electron chi connectivity index (χ2n) is 4.23. The lowest BCUT2D eigenvalue weighted by Gasteiger charge is -2.27. The van der Waals surface area contributed by atoms with Crippen LogP contribution in [0.15, 0.2) is 11.6 Å². The van der Waals surface area contributed by atoms with E-state index in [1.807, 2.05) is 26.8 Å². The zero-order chi connectivity index (χ0) is 9.35. The number of aliphatic hydroxyl groups excluding tert-OH is 1. The molecule has 0 bridgehead atoms. The Kier molecular flexibility index (Phi) is 2.38. The summed E-state index contributed by atoms with van der Waals surface area (Å²) in [4.78, 5) is 11.4. The maximum atomic E-state index is 11.4. The topological polar surface area (TPSA) is 37.3 Å². The zero-order valence-corrected chi connectivity index (χ0v) is 7.92. The lowest BCUT2D eigenvalue weighted by atomic mass is 9.81. The molecule has 0 amide bonds. The summed E-state index contributed by atoms with van der Waals surface area (Å²) in [5, 5.41) is 9.66. The van der Waals surface area contributed by atoms with Crippen LogP contribution in [0.5, 0.6) is 0 Å². The van der Waals surface area contributed by atoms with Gasteiger partial charge in [0.15, 0.2) is 5.78 Å². The molecule has 0 saturated carbocycles. The highest BCUT2D eigenvalue weighted by Crippen LogP contribution is 2.31. The normalized spacial score (nSPS) is 29.5. The summed E-state index contributed by atoms with van der Waals surface area (Å²) >= 11 is 0. The van der Waals surface area contributed by atoms with E-state index in [1.54, 1.807) is 0 Å². The number of hydrogen-bond donors (Lipinski definition) is 1. The van der Waals surface area contributed by atoms with Gasteiger partial charge in [0.1, 0.15) is 0 Å². The predicted octanol–water partition coefficient (Wildman–Crippen LogP) is 1.68. The maximum Gasteiger partial charge on any atom is 0.158 e. The van der Waals surface area contributed by atoms with E-state index in [2.05, 4.69) is 0 Å². The fourth-order valence-electron chi connectivity index (χ4n) is 1.39. The molecule has 1 aliphatic carbocycles. The van der Waals surface area contributed by atoms with Gasteiger partial charge in [0, 0.05) is 6.42 Å². The molecule has 0 aromatic carbocycles. The standard InChI is InChI=1S/C10H16O2/c1-7-4-5-9(12)10(2,3)6-8(7)11/h4,9,12H,5-6H2,1-3H3. The number of hydrogen-bond acceptors (Lipinski definition) is 2. The van der Waals surface area contributed by atoms with Crippen LogP contribution in [0.3, 0.4) is 0 Å². The highest BCUT2D eigenvalue weighted by Gasteiger charge is 2.32. The van der Waals surface area contributed by atoms with Gasteiger partial charge in [-0.25, -0.2) is 0 Å². The van der Waals surface area contributed by atoms with Crippen LogP contribution >= 0.6 is 0 Å². The molecule has 68 valence electrons. The first kappa shape index (κ1) is 9.46. The van der Waals surface area contributed by atoms with E-state index in [9.17, 15) is 9.90 Å². The molecular weight excluding hydrogens is 152 g/mol. The Balaban J connectivity index is 2.86. The van der Waals surface area contributed by atoms with E-state index >= 15 is 0 Å². The molecule has 1 N–H and O–H groups in total. The average molecular weight is 168 g/mol. The van der Waals surface area contributed by atoms with Crippen molar-refractivity contribution in [3.05, 3.63) is 11.6 Å². The Hall–Kier alpha value is -0.630. The van der Waals surface area contributed by atoms with Gasteiger partial charge in [-0.15, -0.1) is 0 Å². The number of carbonyl (C=O) groups excluding carboxylic acids is 1. The number of ketones is 1. The summed E-state index contributed by atoms with van der Waals surface area (Å²) in [6, 6.07) is 0. The molecule has 0 spiro atoms. The van der Waals surface area contributed by atoms with Crippen molar-refractivity contribution in [2.75, 3.05) is 0 Å². The fourth-order valence-corrected chi connectivity index (χ4v) is 1.39. The van der Waals surface area contributed by atoms with Gasteiger partial charge in [-0.3, -0.25) is 4.79 Å². The Morgan fingerprint density at radius 1 is 1.58 bits per heavy atom. The van der Waals surface area contributed by atoms with Gasteiger partial charge in [0.2, 0.25) is 0 Å². The van der Waals surface area contributed by atoms with Crippen molar-refractivity contribution >= 4 is 5.78 Å². The van der Waals surface area contributed by atoms with E-state index in [0.717, 1.165) is 5.57 Å². The van der Waals surface area contributed by atoms with E-state index in [4.69, 9.17) is 0 Å². The average Bonchev–Trinajstić information content (AvgIpc) is 2.03. The molecule has 1 aliphatic rings. The van der Waals surface area contributed by atoms with Crippen LogP contribution < -0.4 is 0 Å². The minimum absolute atomic E-state index is 0.163. The minimum Gasteiger partial charge on any atom is -0.392 e. The van der Waals surface area contributed by atoms with E-state index in [0.29, 0.717) is 12.8 Å². The van der Waals surface area contributed by atoms with Gasteiger partial charge in [-0.05, 0) is 24.3 Å². The molecule has 1 atom stereocenters. The summed E-state index contributed by atoms with van der Waals surface area (Å²) < 4.78 is 0. The summed E-state index contributed by atoms with van der Waals surface area (Å²) in [6.07, 6.45) is 2.50. The number of allylic oxidation sites excluding steroid dienone is 1. The van der Waals surface area contributed by atoms with Gasteiger partial charge in [0.05, 0.1) is 6.10 Å². The largest absolute Gasteiger partial charge is 0.392 e. The molecule has 0 aliphatic heterocycles. The SMILES string of the molecule is CC1=CCC(O)C(C)(C)CC1=O. The second-order valence-corrected chi connectivity index (χ2v) is 4.23. The quantitative estimate of drug-likeness (QED) is 0.597.